The van der Waals surface area contributed by atoms with Crippen molar-refractivity contribution in [3.8, 4) is 5.75 Å². The van der Waals surface area contributed by atoms with E-state index in [0.29, 0.717) is 24.6 Å². The van der Waals surface area contributed by atoms with E-state index in [4.69, 9.17) is 4.74 Å². The first kappa shape index (κ1) is 21.8. The van der Waals surface area contributed by atoms with Crippen LogP contribution in [0.3, 0.4) is 0 Å². The monoisotopic (exact) mass is 401 g/mol. The van der Waals surface area contributed by atoms with Gasteiger partial charge in [0, 0.05) is 57.2 Å². The smallest absolute Gasteiger partial charge is 0.223 e. The van der Waals surface area contributed by atoms with Gasteiger partial charge < -0.3 is 14.5 Å². The Hall–Kier alpha value is -1.92. The standard InChI is InChI=1S/C23H35N3O3/c1-3-17-29-21-8-6-19(7-9-21)22(27)10-11-23(28)26-15-13-25(14-16-26)20-5-4-12-24(2)18-20/h6-9,20H,3-5,10-18H2,1-2H3. The van der Waals surface area contributed by atoms with Gasteiger partial charge in [-0.25, -0.2) is 0 Å². The molecule has 3 rings (SSSR count). The third kappa shape index (κ3) is 6.28. The summed E-state index contributed by atoms with van der Waals surface area (Å²) in [4.78, 5) is 31.9. The van der Waals surface area contributed by atoms with Gasteiger partial charge in [0.25, 0.3) is 0 Å². The molecular formula is C23H35N3O3. The summed E-state index contributed by atoms with van der Waals surface area (Å²) in [6, 6.07) is 7.85. The molecule has 1 unspecified atom stereocenters. The van der Waals surface area contributed by atoms with E-state index in [0.717, 1.165) is 44.9 Å². The van der Waals surface area contributed by atoms with Crippen LogP contribution in [0.4, 0.5) is 0 Å². The summed E-state index contributed by atoms with van der Waals surface area (Å²) in [5, 5.41) is 0. The number of likely N-dealkylation sites (tertiary alicyclic amines) is 1. The molecule has 2 saturated heterocycles. The van der Waals surface area contributed by atoms with Crippen molar-refractivity contribution in [1.29, 1.82) is 0 Å². The molecule has 160 valence electrons. The number of likely N-dealkylation sites (N-methyl/N-ethyl adjacent to an activating group) is 1. The topological polar surface area (TPSA) is 53.1 Å². The zero-order valence-corrected chi connectivity index (χ0v) is 17.9. The average Bonchev–Trinajstić information content (AvgIpc) is 2.76. The van der Waals surface area contributed by atoms with Crippen molar-refractivity contribution in [2.75, 3.05) is 52.9 Å². The third-order valence-electron chi connectivity index (χ3n) is 6.00. The number of rotatable bonds is 8. The van der Waals surface area contributed by atoms with Crippen molar-refractivity contribution in [3.05, 3.63) is 29.8 Å². The van der Waals surface area contributed by atoms with E-state index in [1.54, 1.807) is 12.1 Å². The summed E-state index contributed by atoms with van der Waals surface area (Å²) in [7, 11) is 2.19. The molecular weight excluding hydrogens is 366 g/mol. The lowest BCUT2D eigenvalue weighted by Crippen LogP contribution is -2.55. The highest BCUT2D eigenvalue weighted by atomic mass is 16.5. The molecule has 0 aromatic heterocycles. The predicted octanol–water partition coefficient (Wildman–Crippen LogP) is 2.68. The summed E-state index contributed by atoms with van der Waals surface area (Å²) in [5.41, 5.74) is 0.646. The third-order valence-corrected chi connectivity index (χ3v) is 6.00. The van der Waals surface area contributed by atoms with Crippen LogP contribution in [0.25, 0.3) is 0 Å². The number of benzene rings is 1. The maximum atomic E-state index is 12.6. The molecule has 0 N–H and O–H groups in total. The van der Waals surface area contributed by atoms with Gasteiger partial charge in [-0.15, -0.1) is 0 Å². The van der Waals surface area contributed by atoms with Crippen molar-refractivity contribution < 1.29 is 14.3 Å². The first-order valence-corrected chi connectivity index (χ1v) is 11.0. The van der Waals surface area contributed by atoms with Gasteiger partial charge in [0.15, 0.2) is 5.78 Å². The minimum absolute atomic E-state index is 0.0178. The maximum absolute atomic E-state index is 12.6. The molecule has 0 spiro atoms. The number of amides is 1. The van der Waals surface area contributed by atoms with E-state index < -0.39 is 0 Å². The predicted molar refractivity (Wildman–Crippen MR) is 114 cm³/mol. The van der Waals surface area contributed by atoms with Crippen molar-refractivity contribution in [3.63, 3.8) is 0 Å². The lowest BCUT2D eigenvalue weighted by atomic mass is 10.0. The fraction of sp³-hybridized carbons (Fsp3) is 0.652. The number of hydrogen-bond donors (Lipinski definition) is 0. The first-order valence-electron chi connectivity index (χ1n) is 11.0. The summed E-state index contributed by atoms with van der Waals surface area (Å²) in [6.07, 6.45) is 4.03. The molecule has 2 aliphatic heterocycles. The van der Waals surface area contributed by atoms with Crippen LogP contribution in [0.2, 0.25) is 0 Å². The lowest BCUT2D eigenvalue weighted by Gasteiger charge is -2.42. The molecule has 6 nitrogen and oxygen atoms in total. The number of carbonyl (C=O) groups excluding carboxylic acids is 2. The average molecular weight is 402 g/mol. The molecule has 2 aliphatic rings. The van der Waals surface area contributed by atoms with E-state index >= 15 is 0 Å². The molecule has 29 heavy (non-hydrogen) atoms. The van der Waals surface area contributed by atoms with Gasteiger partial charge in [0.05, 0.1) is 6.61 Å². The number of piperazine rings is 1. The van der Waals surface area contributed by atoms with Crippen LogP contribution in [0.15, 0.2) is 24.3 Å². The van der Waals surface area contributed by atoms with Gasteiger partial charge in [-0.2, -0.15) is 0 Å². The molecule has 2 heterocycles. The second kappa shape index (κ2) is 10.7. The molecule has 1 atom stereocenters. The Kier molecular flexibility index (Phi) is 8.07. The van der Waals surface area contributed by atoms with E-state index in [1.165, 1.54) is 19.4 Å². The van der Waals surface area contributed by atoms with Crippen LogP contribution in [0.1, 0.15) is 49.4 Å². The molecule has 0 bridgehead atoms. The van der Waals surface area contributed by atoms with Crippen molar-refractivity contribution >= 4 is 11.7 Å². The van der Waals surface area contributed by atoms with Crippen molar-refractivity contribution in [2.24, 2.45) is 0 Å². The van der Waals surface area contributed by atoms with Crippen LogP contribution in [0, 0.1) is 0 Å². The largest absolute Gasteiger partial charge is 0.494 e. The second-order valence-corrected chi connectivity index (χ2v) is 8.27. The molecule has 0 aliphatic carbocycles. The van der Waals surface area contributed by atoms with Crippen LogP contribution < -0.4 is 4.74 Å². The van der Waals surface area contributed by atoms with Crippen LogP contribution in [0.5, 0.6) is 5.75 Å². The van der Waals surface area contributed by atoms with Gasteiger partial charge >= 0.3 is 0 Å². The SMILES string of the molecule is CCCOc1ccc(C(=O)CCC(=O)N2CCN(C3CCCN(C)C3)CC2)cc1. The zero-order chi connectivity index (χ0) is 20.6. The first-order chi connectivity index (χ1) is 14.1. The Bertz CT molecular complexity index is 668. The van der Waals surface area contributed by atoms with Crippen molar-refractivity contribution in [1.82, 2.24) is 14.7 Å². The van der Waals surface area contributed by atoms with Crippen LogP contribution >= 0.6 is 0 Å². The van der Waals surface area contributed by atoms with Gasteiger partial charge in [-0.3, -0.25) is 14.5 Å². The van der Waals surface area contributed by atoms with Gasteiger partial charge in [0.2, 0.25) is 5.91 Å². The normalized spacial score (nSPS) is 21.2. The Morgan fingerprint density at radius 1 is 1.03 bits per heavy atom. The van der Waals surface area contributed by atoms with E-state index in [1.807, 2.05) is 17.0 Å². The number of ether oxygens (including phenoxy) is 1. The molecule has 1 amide bonds. The van der Waals surface area contributed by atoms with Gasteiger partial charge in [0.1, 0.15) is 5.75 Å². The van der Waals surface area contributed by atoms with Crippen LogP contribution in [-0.4, -0.2) is 85.4 Å². The summed E-state index contributed by atoms with van der Waals surface area (Å²) >= 11 is 0. The maximum Gasteiger partial charge on any atom is 0.223 e. The molecule has 0 radical (unpaired) electrons. The highest BCUT2D eigenvalue weighted by molar-refractivity contribution is 5.98. The van der Waals surface area contributed by atoms with E-state index in [-0.39, 0.29) is 18.1 Å². The Morgan fingerprint density at radius 3 is 2.41 bits per heavy atom. The highest BCUT2D eigenvalue weighted by Gasteiger charge is 2.28. The van der Waals surface area contributed by atoms with Crippen molar-refractivity contribution in [2.45, 2.75) is 45.1 Å². The van der Waals surface area contributed by atoms with E-state index in [2.05, 4.69) is 23.8 Å². The van der Waals surface area contributed by atoms with E-state index in [9.17, 15) is 9.59 Å². The summed E-state index contributed by atoms with van der Waals surface area (Å²) in [5.74, 6) is 0.896. The fourth-order valence-electron chi connectivity index (χ4n) is 4.25. The van der Waals surface area contributed by atoms with Gasteiger partial charge in [-0.05, 0) is 57.1 Å². The van der Waals surface area contributed by atoms with Gasteiger partial charge in [-0.1, -0.05) is 6.92 Å². The summed E-state index contributed by atoms with van der Waals surface area (Å²) in [6.45, 7) is 8.49. The number of piperidine rings is 1. The zero-order valence-electron chi connectivity index (χ0n) is 17.9. The summed E-state index contributed by atoms with van der Waals surface area (Å²) < 4.78 is 5.55. The molecule has 0 saturated carbocycles. The molecule has 6 heteroatoms. The number of ketones is 1. The Balaban J connectivity index is 1.40. The lowest BCUT2D eigenvalue weighted by molar-refractivity contribution is -0.133. The van der Waals surface area contributed by atoms with Crippen LogP contribution in [-0.2, 0) is 4.79 Å². The minimum atomic E-state index is 0.0178. The number of Topliss-reactive ketones (excluding diaryl/α,β-unsaturated/α-hetero) is 1. The molecule has 1 aromatic carbocycles. The number of hydrogen-bond acceptors (Lipinski definition) is 5. The quantitative estimate of drug-likeness (QED) is 0.627. The fourth-order valence-corrected chi connectivity index (χ4v) is 4.25. The number of nitrogens with zero attached hydrogens (tertiary/aromatic N) is 3. The molecule has 2 fully saturated rings. The minimum Gasteiger partial charge on any atom is -0.494 e. The number of carbonyl (C=O) groups is 2. The molecule has 1 aromatic rings. The highest BCUT2D eigenvalue weighted by Crippen LogP contribution is 2.18. The Labute approximate surface area is 174 Å². The second-order valence-electron chi connectivity index (χ2n) is 8.27. The Morgan fingerprint density at radius 2 is 1.76 bits per heavy atom.